The topological polar surface area (TPSA) is 71.8 Å². The van der Waals surface area contributed by atoms with Crippen molar-refractivity contribution in [2.75, 3.05) is 6.61 Å². The molecule has 26 heavy (non-hydrogen) atoms. The second-order valence-electron chi connectivity index (χ2n) is 5.51. The van der Waals surface area contributed by atoms with E-state index in [0.29, 0.717) is 21.3 Å². The van der Waals surface area contributed by atoms with Gasteiger partial charge in [-0.15, -0.1) is 0 Å². The number of hydrogen-bond acceptors (Lipinski definition) is 6. The number of benzene rings is 1. The number of pyridine rings is 1. The normalized spacial score (nSPS) is 17.2. The van der Waals surface area contributed by atoms with Crippen molar-refractivity contribution in [3.8, 4) is 0 Å². The summed E-state index contributed by atoms with van der Waals surface area (Å²) < 4.78 is 5.09. The average Bonchev–Trinajstić information content (AvgIpc) is 2.91. The van der Waals surface area contributed by atoms with Crippen molar-refractivity contribution in [2.45, 2.75) is 13.8 Å². The molecule has 5 nitrogen and oxygen atoms in total. The Morgan fingerprint density at radius 3 is 2.69 bits per heavy atom. The fourth-order valence-corrected chi connectivity index (χ4v) is 3.41. The van der Waals surface area contributed by atoms with Crippen molar-refractivity contribution in [3.63, 3.8) is 0 Å². The van der Waals surface area contributed by atoms with E-state index in [2.05, 4.69) is 9.98 Å². The monoisotopic (exact) mass is 366 g/mol. The van der Waals surface area contributed by atoms with Crippen molar-refractivity contribution in [1.82, 2.24) is 4.98 Å². The molecule has 1 aromatic heterocycles. The molecular formula is C20H18N2O3S. The number of aliphatic hydroxyl groups is 1. The Kier molecular flexibility index (Phi) is 5.53. The molecule has 6 heteroatoms. The van der Waals surface area contributed by atoms with Crippen LogP contribution in [-0.2, 0) is 9.53 Å². The molecule has 0 radical (unpaired) electrons. The van der Waals surface area contributed by atoms with Gasteiger partial charge in [-0.2, -0.15) is 0 Å². The van der Waals surface area contributed by atoms with Crippen molar-refractivity contribution in [2.24, 2.45) is 4.99 Å². The minimum Gasteiger partial charge on any atom is -0.506 e. The van der Waals surface area contributed by atoms with Crippen LogP contribution < -0.4 is 0 Å². The first-order valence-electron chi connectivity index (χ1n) is 8.16. The summed E-state index contributed by atoms with van der Waals surface area (Å²) in [5.41, 5.74) is 2.34. The molecule has 0 amide bonds. The number of thioether (sulfide) groups is 1. The number of ether oxygens (including phenoxy) is 1. The standard InChI is InChI=1S/C20H18N2O3S/c1-3-25-20(24)17-18(23)16(12-15-11-7-8-13(2)21-15)26-19(17)22-14-9-5-4-6-10-14/h4-12,23H,3H2,1-2H3. The Bertz CT molecular complexity index is 918. The number of carbonyl (C=O) groups is 1. The number of aryl methyl sites for hydroxylation is 1. The number of aliphatic imine (C=N–C) groups is 1. The van der Waals surface area contributed by atoms with E-state index in [4.69, 9.17) is 4.74 Å². The molecule has 0 atom stereocenters. The maximum absolute atomic E-state index is 12.3. The van der Waals surface area contributed by atoms with Crippen LogP contribution in [0.15, 0.2) is 69.8 Å². The number of aromatic nitrogens is 1. The van der Waals surface area contributed by atoms with Crippen LogP contribution >= 0.6 is 11.8 Å². The highest BCUT2D eigenvalue weighted by Gasteiger charge is 2.33. The zero-order chi connectivity index (χ0) is 18.5. The molecule has 3 rings (SSSR count). The predicted molar refractivity (Wildman–Crippen MR) is 104 cm³/mol. The molecule has 0 unspecified atom stereocenters. The molecule has 1 aliphatic heterocycles. The first-order valence-corrected chi connectivity index (χ1v) is 8.98. The van der Waals surface area contributed by atoms with Gasteiger partial charge in [0.15, 0.2) is 0 Å². The Hall–Kier alpha value is -2.86. The average molecular weight is 366 g/mol. The van der Waals surface area contributed by atoms with Gasteiger partial charge in [0.25, 0.3) is 0 Å². The molecule has 1 N–H and O–H groups in total. The summed E-state index contributed by atoms with van der Waals surface area (Å²) in [5.74, 6) is -0.723. The number of hydrogen-bond donors (Lipinski definition) is 1. The molecular weight excluding hydrogens is 348 g/mol. The lowest BCUT2D eigenvalue weighted by Gasteiger charge is -2.03. The van der Waals surface area contributed by atoms with Crippen molar-refractivity contribution in [1.29, 1.82) is 0 Å². The molecule has 132 valence electrons. The maximum atomic E-state index is 12.3. The third kappa shape index (κ3) is 4.03. The molecule has 1 aromatic carbocycles. The van der Waals surface area contributed by atoms with E-state index in [0.717, 1.165) is 5.69 Å². The Morgan fingerprint density at radius 1 is 1.23 bits per heavy atom. The van der Waals surface area contributed by atoms with Crippen LogP contribution in [0.4, 0.5) is 5.69 Å². The lowest BCUT2D eigenvalue weighted by Crippen LogP contribution is -2.12. The summed E-state index contributed by atoms with van der Waals surface area (Å²) >= 11 is 1.22. The van der Waals surface area contributed by atoms with Gasteiger partial charge in [-0.25, -0.2) is 9.79 Å². The van der Waals surface area contributed by atoms with E-state index in [-0.39, 0.29) is 17.9 Å². The van der Waals surface area contributed by atoms with Crippen LogP contribution in [0.2, 0.25) is 0 Å². The van der Waals surface area contributed by atoms with Gasteiger partial charge in [-0.3, -0.25) is 4.98 Å². The second-order valence-corrected chi connectivity index (χ2v) is 6.54. The second kappa shape index (κ2) is 8.01. The summed E-state index contributed by atoms with van der Waals surface area (Å²) in [5, 5.41) is 11.0. The Morgan fingerprint density at radius 2 is 2.00 bits per heavy atom. The fraction of sp³-hybridized carbons (Fsp3) is 0.150. The molecule has 0 aliphatic carbocycles. The third-order valence-corrected chi connectivity index (χ3v) is 4.57. The van der Waals surface area contributed by atoms with E-state index in [1.165, 1.54) is 11.8 Å². The highest BCUT2D eigenvalue weighted by Crippen LogP contribution is 2.40. The first kappa shape index (κ1) is 17.9. The molecule has 0 spiro atoms. The number of para-hydroxylation sites is 1. The van der Waals surface area contributed by atoms with Crippen molar-refractivity contribution >= 4 is 34.5 Å². The van der Waals surface area contributed by atoms with E-state index in [1.807, 2.05) is 55.5 Å². The number of carbonyl (C=O) groups excluding carboxylic acids is 1. The largest absolute Gasteiger partial charge is 0.506 e. The summed E-state index contributed by atoms with van der Waals surface area (Å²) in [6.07, 6.45) is 1.74. The Labute approximate surface area is 156 Å². The lowest BCUT2D eigenvalue weighted by molar-refractivity contribution is -0.138. The summed E-state index contributed by atoms with van der Waals surface area (Å²) in [7, 11) is 0. The molecule has 0 bridgehead atoms. The van der Waals surface area contributed by atoms with Gasteiger partial charge in [0.2, 0.25) is 0 Å². The van der Waals surface area contributed by atoms with Crippen molar-refractivity contribution < 1.29 is 14.6 Å². The van der Waals surface area contributed by atoms with Gasteiger partial charge < -0.3 is 9.84 Å². The third-order valence-electron chi connectivity index (χ3n) is 3.55. The van der Waals surface area contributed by atoms with Gasteiger partial charge in [-0.05, 0) is 44.2 Å². The van der Waals surface area contributed by atoms with Crippen LogP contribution in [0.3, 0.4) is 0 Å². The van der Waals surface area contributed by atoms with Crippen LogP contribution in [0.1, 0.15) is 18.3 Å². The SMILES string of the molecule is CCOC(=O)C1=C(O)C(=Cc2cccc(C)n2)SC1=Nc1ccccc1. The van der Waals surface area contributed by atoms with Crippen LogP contribution in [0, 0.1) is 6.92 Å². The molecule has 0 saturated carbocycles. The number of rotatable bonds is 4. The molecule has 0 fully saturated rings. The maximum Gasteiger partial charge on any atom is 0.344 e. The molecule has 2 heterocycles. The smallest absolute Gasteiger partial charge is 0.344 e. The molecule has 1 aliphatic rings. The highest BCUT2D eigenvalue weighted by molar-refractivity contribution is 8.18. The Balaban J connectivity index is 2.04. The van der Waals surface area contributed by atoms with Gasteiger partial charge >= 0.3 is 5.97 Å². The van der Waals surface area contributed by atoms with Crippen LogP contribution in [-0.4, -0.2) is 27.7 Å². The van der Waals surface area contributed by atoms with Crippen LogP contribution in [0.5, 0.6) is 0 Å². The van der Waals surface area contributed by atoms with Crippen LogP contribution in [0.25, 0.3) is 6.08 Å². The van der Waals surface area contributed by atoms with Gasteiger partial charge in [0.1, 0.15) is 16.4 Å². The molecule has 0 saturated heterocycles. The highest BCUT2D eigenvalue weighted by atomic mass is 32.2. The summed E-state index contributed by atoms with van der Waals surface area (Å²) in [6, 6.07) is 14.9. The van der Waals surface area contributed by atoms with Gasteiger partial charge in [0, 0.05) is 5.69 Å². The van der Waals surface area contributed by atoms with E-state index in [1.54, 1.807) is 13.0 Å². The number of aliphatic hydroxyl groups excluding tert-OH is 1. The van der Waals surface area contributed by atoms with Gasteiger partial charge in [-0.1, -0.05) is 36.0 Å². The quantitative estimate of drug-likeness (QED) is 0.802. The zero-order valence-corrected chi connectivity index (χ0v) is 15.3. The summed E-state index contributed by atoms with van der Waals surface area (Å²) in [6.45, 7) is 3.84. The minimum absolute atomic E-state index is 0.0830. The molecule has 2 aromatic rings. The zero-order valence-electron chi connectivity index (χ0n) is 14.5. The van der Waals surface area contributed by atoms with E-state index in [9.17, 15) is 9.90 Å². The van der Waals surface area contributed by atoms with Gasteiger partial charge in [0.05, 0.1) is 22.9 Å². The minimum atomic E-state index is -0.590. The van der Waals surface area contributed by atoms with E-state index < -0.39 is 5.97 Å². The van der Waals surface area contributed by atoms with Crippen molar-refractivity contribution in [3.05, 3.63) is 76.2 Å². The predicted octanol–water partition coefficient (Wildman–Crippen LogP) is 4.58. The lowest BCUT2D eigenvalue weighted by atomic mass is 10.2. The first-order chi connectivity index (χ1) is 12.6. The summed E-state index contributed by atoms with van der Waals surface area (Å²) in [4.78, 5) is 21.8. The number of esters is 1. The van der Waals surface area contributed by atoms with E-state index >= 15 is 0 Å². The number of nitrogens with zero attached hydrogens (tertiary/aromatic N) is 2. The fourth-order valence-electron chi connectivity index (χ4n) is 2.39.